The largest absolute Gasteiger partial charge is 0.534 e. The minimum atomic E-state index is -5.85. The fourth-order valence-corrected chi connectivity index (χ4v) is 6.18. The van der Waals surface area contributed by atoms with Crippen LogP contribution in [0.5, 0.6) is 5.88 Å². The zero-order valence-corrected chi connectivity index (χ0v) is 28.0. The molecule has 0 spiro atoms. The molecule has 0 amide bonds. The molecule has 0 aromatic carbocycles. The van der Waals surface area contributed by atoms with Crippen molar-refractivity contribution in [2.45, 2.75) is 57.9 Å². The molecule has 0 aliphatic heterocycles. The maximum Gasteiger partial charge on any atom is 0.534 e. The van der Waals surface area contributed by atoms with Crippen molar-refractivity contribution >= 4 is 44.7 Å². The first-order chi connectivity index (χ1) is 22.1. The summed E-state index contributed by atoms with van der Waals surface area (Å²) >= 11 is 2.79. The minimum Gasteiger partial charge on any atom is -0.466 e. The molecule has 12 nitrogen and oxygen atoms in total. The number of esters is 2. The second-order valence-electron chi connectivity index (χ2n) is 9.60. The Morgan fingerprint density at radius 2 is 1.40 bits per heavy atom. The molecule has 0 radical (unpaired) electrons. The third-order valence-corrected chi connectivity index (χ3v) is 8.98. The van der Waals surface area contributed by atoms with Gasteiger partial charge in [-0.3, -0.25) is 14.4 Å². The number of aromatic nitrogens is 4. The van der Waals surface area contributed by atoms with Gasteiger partial charge >= 0.3 is 27.6 Å². The van der Waals surface area contributed by atoms with Gasteiger partial charge in [0.1, 0.15) is 10.0 Å². The molecule has 4 aromatic heterocycles. The topological polar surface area (TPSA) is 168 Å². The van der Waals surface area contributed by atoms with E-state index in [-0.39, 0.29) is 42.6 Å². The standard InChI is InChI=1S/C15H15F3N2O5S2.C14H16N2O3S/c1-3-24-13(21)7-10(14-19-8-9(2)26-14)11-5-4-6-12(20-11)25-27(22,23)15(16,17)18;1-3-19-13(18)7-10(14-15-8-9(2)20-14)11-5-4-6-12(17)16-11/h4-6,8,10H,3,7H2,1-2H3;4-6,8,10H,3,7H2,1-2H3,(H,16,17). The molecule has 2 unspecified atom stereocenters. The Balaban J connectivity index is 0.000000267. The Morgan fingerprint density at radius 1 is 0.872 bits per heavy atom. The lowest BCUT2D eigenvalue weighted by Crippen LogP contribution is -2.28. The molecular weight excluding hydrogens is 686 g/mol. The number of ether oxygens (including phenoxy) is 2. The number of nitrogens with zero attached hydrogens (tertiary/aromatic N) is 3. The van der Waals surface area contributed by atoms with E-state index in [1.807, 2.05) is 6.92 Å². The molecule has 47 heavy (non-hydrogen) atoms. The number of carbonyl (C=O) groups is 2. The van der Waals surface area contributed by atoms with Crippen molar-refractivity contribution in [3.63, 3.8) is 0 Å². The Kier molecular flexibility index (Phi) is 13.2. The second kappa shape index (κ2) is 16.6. The van der Waals surface area contributed by atoms with Gasteiger partial charge in [-0.15, -0.1) is 22.7 Å². The van der Waals surface area contributed by atoms with Crippen LogP contribution in [0, 0.1) is 13.8 Å². The number of hydrogen-bond donors (Lipinski definition) is 1. The number of thiazole rings is 2. The van der Waals surface area contributed by atoms with E-state index in [9.17, 15) is 36.0 Å². The number of nitrogens with one attached hydrogen (secondary N) is 1. The predicted octanol–water partition coefficient (Wildman–Crippen LogP) is 5.38. The molecule has 0 saturated carbocycles. The Labute approximate surface area is 276 Å². The lowest BCUT2D eigenvalue weighted by atomic mass is 10.0. The summed E-state index contributed by atoms with van der Waals surface area (Å²) < 4.78 is 73.8. The summed E-state index contributed by atoms with van der Waals surface area (Å²) in [4.78, 5) is 52.1. The maximum atomic E-state index is 12.5. The van der Waals surface area contributed by atoms with Crippen LogP contribution in [-0.4, -0.2) is 59.0 Å². The fourth-order valence-electron chi connectivity index (χ4n) is 3.99. The number of aryl methyl sites for hydroxylation is 2. The molecule has 254 valence electrons. The SMILES string of the molecule is CCOC(=O)CC(c1cccc(=O)[nH]1)c1ncc(C)s1.CCOC(=O)CC(c1cccc(OS(=O)(=O)C(F)(F)F)n1)c1ncc(C)s1. The molecule has 1 N–H and O–H groups in total. The summed E-state index contributed by atoms with van der Waals surface area (Å²) in [6.45, 7) is 7.65. The van der Waals surface area contributed by atoms with Gasteiger partial charge in [0.15, 0.2) is 0 Å². The van der Waals surface area contributed by atoms with Crippen LogP contribution in [0.2, 0.25) is 0 Å². The Hall–Kier alpha value is -4.16. The highest BCUT2D eigenvalue weighted by Gasteiger charge is 2.49. The first kappa shape index (κ1) is 37.3. The van der Waals surface area contributed by atoms with Crippen LogP contribution in [0.3, 0.4) is 0 Å². The second-order valence-corrected chi connectivity index (χ2v) is 13.7. The van der Waals surface area contributed by atoms with E-state index in [0.29, 0.717) is 17.3 Å². The van der Waals surface area contributed by atoms with Crippen LogP contribution in [0.25, 0.3) is 0 Å². The quantitative estimate of drug-likeness (QED) is 0.114. The number of H-pyrrole nitrogens is 1. The number of rotatable bonds is 12. The lowest BCUT2D eigenvalue weighted by molar-refractivity contribution is -0.144. The van der Waals surface area contributed by atoms with E-state index in [2.05, 4.69) is 24.1 Å². The van der Waals surface area contributed by atoms with Gasteiger partial charge in [-0.2, -0.15) is 21.6 Å². The summed E-state index contributed by atoms with van der Waals surface area (Å²) in [5.41, 5.74) is -4.96. The van der Waals surface area contributed by atoms with Crippen LogP contribution in [0.1, 0.15) is 69.7 Å². The molecule has 0 fully saturated rings. The summed E-state index contributed by atoms with van der Waals surface area (Å²) in [6, 6.07) is 8.60. The maximum absolute atomic E-state index is 12.5. The monoisotopic (exact) mass is 716 g/mol. The zero-order chi connectivity index (χ0) is 34.8. The van der Waals surface area contributed by atoms with Crippen molar-refractivity contribution in [1.29, 1.82) is 0 Å². The van der Waals surface area contributed by atoms with Crippen molar-refractivity contribution in [2.24, 2.45) is 0 Å². The molecule has 4 rings (SSSR count). The van der Waals surface area contributed by atoms with Crippen molar-refractivity contribution in [1.82, 2.24) is 19.9 Å². The van der Waals surface area contributed by atoms with Crippen molar-refractivity contribution in [3.05, 3.63) is 90.3 Å². The molecule has 2 atom stereocenters. The molecule has 0 aliphatic carbocycles. The van der Waals surface area contributed by atoms with Gasteiger partial charge in [-0.25, -0.2) is 15.0 Å². The molecule has 4 aromatic rings. The van der Waals surface area contributed by atoms with Crippen LogP contribution < -0.4 is 9.74 Å². The highest BCUT2D eigenvalue weighted by Crippen LogP contribution is 2.33. The molecule has 4 heterocycles. The van der Waals surface area contributed by atoms with Gasteiger partial charge in [0, 0.05) is 40.0 Å². The van der Waals surface area contributed by atoms with Gasteiger partial charge in [-0.05, 0) is 39.8 Å². The molecule has 18 heteroatoms. The minimum absolute atomic E-state index is 0.132. The van der Waals surface area contributed by atoms with E-state index < -0.39 is 33.4 Å². The highest BCUT2D eigenvalue weighted by atomic mass is 32.2. The predicted molar refractivity (Wildman–Crippen MR) is 167 cm³/mol. The van der Waals surface area contributed by atoms with E-state index >= 15 is 0 Å². The molecule has 0 saturated heterocycles. The number of pyridine rings is 2. The average molecular weight is 717 g/mol. The molecule has 0 aliphatic rings. The van der Waals surface area contributed by atoms with E-state index in [1.165, 1.54) is 40.9 Å². The van der Waals surface area contributed by atoms with Crippen LogP contribution >= 0.6 is 22.7 Å². The summed E-state index contributed by atoms with van der Waals surface area (Å²) in [5.74, 6) is -2.60. The van der Waals surface area contributed by atoms with Gasteiger partial charge < -0.3 is 18.6 Å². The smallest absolute Gasteiger partial charge is 0.466 e. The highest BCUT2D eigenvalue weighted by molar-refractivity contribution is 7.87. The Bertz CT molecular complexity index is 1820. The van der Waals surface area contributed by atoms with Gasteiger partial charge in [0.05, 0.1) is 43.6 Å². The third-order valence-electron chi connectivity index (χ3n) is 5.97. The van der Waals surface area contributed by atoms with Crippen molar-refractivity contribution in [2.75, 3.05) is 13.2 Å². The number of alkyl halides is 3. The summed E-state index contributed by atoms with van der Waals surface area (Å²) in [7, 11) is -5.85. The van der Waals surface area contributed by atoms with Crippen LogP contribution in [0.15, 0.2) is 53.6 Å². The number of halogens is 3. The molecular formula is C29H31F3N4O8S3. The Morgan fingerprint density at radius 3 is 1.89 bits per heavy atom. The van der Waals surface area contributed by atoms with E-state index in [0.717, 1.165) is 20.8 Å². The fraction of sp³-hybridized carbons (Fsp3) is 0.379. The lowest BCUT2D eigenvalue weighted by Gasteiger charge is -2.15. The first-order valence-corrected chi connectivity index (χ1v) is 17.0. The number of hydrogen-bond acceptors (Lipinski definition) is 13. The van der Waals surface area contributed by atoms with E-state index in [1.54, 1.807) is 45.3 Å². The summed E-state index contributed by atoms with van der Waals surface area (Å²) in [5, 5.41) is 1.29. The zero-order valence-electron chi connectivity index (χ0n) is 25.6. The molecule has 0 bridgehead atoms. The van der Waals surface area contributed by atoms with Crippen LogP contribution in [0.4, 0.5) is 13.2 Å². The third kappa shape index (κ3) is 11.0. The number of aromatic amines is 1. The number of carbonyl (C=O) groups excluding carboxylic acids is 2. The van der Waals surface area contributed by atoms with E-state index in [4.69, 9.17) is 9.47 Å². The summed E-state index contributed by atoms with van der Waals surface area (Å²) in [6.07, 6.45) is 3.34. The van der Waals surface area contributed by atoms with Gasteiger partial charge in [0.2, 0.25) is 11.4 Å². The normalized spacial score (nSPS) is 12.7. The van der Waals surface area contributed by atoms with Gasteiger partial charge in [0.25, 0.3) is 0 Å². The first-order valence-electron chi connectivity index (χ1n) is 14.0. The average Bonchev–Trinajstić information content (AvgIpc) is 3.62. The van der Waals surface area contributed by atoms with Crippen molar-refractivity contribution < 1.29 is 44.8 Å². The van der Waals surface area contributed by atoms with Crippen LogP contribution in [-0.2, 0) is 29.2 Å². The van der Waals surface area contributed by atoms with Gasteiger partial charge in [-0.1, -0.05) is 12.1 Å². The van der Waals surface area contributed by atoms with Crippen molar-refractivity contribution in [3.8, 4) is 5.88 Å².